The molecule has 2 aromatic rings. The number of hydrogen-bond donors (Lipinski definition) is 1. The highest BCUT2D eigenvalue weighted by Gasteiger charge is 2.18. The highest BCUT2D eigenvalue weighted by Crippen LogP contribution is 2.29. The van der Waals surface area contributed by atoms with Crippen LogP contribution in [0.3, 0.4) is 0 Å². The summed E-state index contributed by atoms with van der Waals surface area (Å²) in [6.07, 6.45) is 0. The van der Waals surface area contributed by atoms with Gasteiger partial charge in [0.25, 0.3) is 5.91 Å². The Labute approximate surface area is 122 Å². The van der Waals surface area contributed by atoms with Crippen LogP contribution in [0.4, 0.5) is 5.69 Å². The Hall–Kier alpha value is -2.62. The first kappa shape index (κ1) is 13.4. The van der Waals surface area contributed by atoms with Gasteiger partial charge in [-0.1, -0.05) is 12.1 Å². The molecule has 1 aliphatic heterocycles. The summed E-state index contributed by atoms with van der Waals surface area (Å²) in [6, 6.07) is 10.7. The van der Waals surface area contributed by atoms with Crippen LogP contribution in [0, 0.1) is 13.8 Å². The van der Waals surface area contributed by atoms with Gasteiger partial charge in [-0.2, -0.15) is 0 Å². The van der Waals surface area contributed by atoms with E-state index in [-0.39, 0.29) is 18.3 Å². The summed E-state index contributed by atoms with van der Waals surface area (Å²) in [4.78, 5) is 23.9. The van der Waals surface area contributed by atoms with Crippen molar-refractivity contribution in [1.82, 2.24) is 0 Å². The zero-order valence-electron chi connectivity index (χ0n) is 11.9. The molecule has 4 heteroatoms. The molecule has 0 unspecified atom stereocenters. The van der Waals surface area contributed by atoms with Crippen molar-refractivity contribution in [3.05, 3.63) is 58.7 Å². The number of benzene rings is 2. The number of hydrogen-bond acceptors (Lipinski definition) is 3. The smallest absolute Gasteiger partial charge is 0.262 e. The molecule has 0 bridgehead atoms. The van der Waals surface area contributed by atoms with Crippen molar-refractivity contribution in [2.24, 2.45) is 0 Å². The second kappa shape index (κ2) is 5.05. The van der Waals surface area contributed by atoms with Gasteiger partial charge in [-0.25, -0.2) is 0 Å². The molecule has 4 nitrogen and oxygen atoms in total. The largest absolute Gasteiger partial charge is 0.482 e. The van der Waals surface area contributed by atoms with Crippen LogP contribution in [0.5, 0.6) is 5.75 Å². The number of ketones is 1. The van der Waals surface area contributed by atoms with Gasteiger partial charge in [-0.15, -0.1) is 0 Å². The fraction of sp³-hybridized carbons (Fsp3) is 0.176. The van der Waals surface area contributed by atoms with Crippen LogP contribution >= 0.6 is 0 Å². The van der Waals surface area contributed by atoms with Crippen molar-refractivity contribution in [1.29, 1.82) is 0 Å². The van der Waals surface area contributed by atoms with Gasteiger partial charge in [0.15, 0.2) is 12.4 Å². The molecule has 0 aliphatic carbocycles. The van der Waals surface area contributed by atoms with Gasteiger partial charge in [-0.05, 0) is 49.2 Å². The molecule has 0 radical (unpaired) electrons. The molecule has 0 fully saturated rings. The van der Waals surface area contributed by atoms with E-state index in [9.17, 15) is 9.59 Å². The Kier molecular flexibility index (Phi) is 3.22. The van der Waals surface area contributed by atoms with Crippen LogP contribution in [0.1, 0.15) is 27.0 Å². The average Bonchev–Trinajstić information content (AvgIpc) is 2.48. The summed E-state index contributed by atoms with van der Waals surface area (Å²) >= 11 is 0. The molecule has 1 aliphatic rings. The molecule has 0 saturated carbocycles. The molecule has 1 amide bonds. The Morgan fingerprint density at radius 1 is 1.05 bits per heavy atom. The third-order valence-electron chi connectivity index (χ3n) is 3.64. The SMILES string of the molecule is Cc1ccc(C(=O)c2ccc3c(c2)NC(=O)CO3)cc1C. The maximum absolute atomic E-state index is 12.5. The standard InChI is InChI=1S/C17H15NO3/c1-10-3-4-12(7-11(10)2)17(20)13-5-6-15-14(8-13)18-16(19)9-21-15/h3-8H,9H2,1-2H3,(H,18,19). The van der Waals surface area contributed by atoms with Crippen molar-refractivity contribution in [3.63, 3.8) is 0 Å². The van der Waals surface area contributed by atoms with E-state index < -0.39 is 0 Å². The number of aryl methyl sites for hydroxylation is 2. The van der Waals surface area contributed by atoms with Gasteiger partial charge >= 0.3 is 0 Å². The van der Waals surface area contributed by atoms with E-state index >= 15 is 0 Å². The maximum Gasteiger partial charge on any atom is 0.262 e. The monoisotopic (exact) mass is 281 g/mol. The molecule has 0 saturated heterocycles. The zero-order valence-corrected chi connectivity index (χ0v) is 11.9. The number of anilines is 1. The minimum absolute atomic E-state index is 0.0114. The van der Waals surface area contributed by atoms with Gasteiger partial charge in [-0.3, -0.25) is 9.59 Å². The van der Waals surface area contributed by atoms with Crippen molar-refractivity contribution in [3.8, 4) is 5.75 Å². The van der Waals surface area contributed by atoms with Crippen molar-refractivity contribution in [2.45, 2.75) is 13.8 Å². The van der Waals surface area contributed by atoms with Gasteiger partial charge < -0.3 is 10.1 Å². The van der Waals surface area contributed by atoms with Crippen molar-refractivity contribution < 1.29 is 14.3 Å². The lowest BCUT2D eigenvalue weighted by molar-refractivity contribution is -0.118. The molecule has 21 heavy (non-hydrogen) atoms. The normalized spacial score (nSPS) is 13.1. The molecule has 3 rings (SSSR count). The lowest BCUT2D eigenvalue weighted by Crippen LogP contribution is -2.25. The molecule has 0 spiro atoms. The van der Waals surface area contributed by atoms with Gasteiger partial charge in [0.05, 0.1) is 5.69 Å². The lowest BCUT2D eigenvalue weighted by atomic mass is 9.99. The second-order valence-corrected chi connectivity index (χ2v) is 5.18. The van der Waals surface area contributed by atoms with Crippen LogP contribution in [-0.4, -0.2) is 18.3 Å². The van der Waals surface area contributed by atoms with E-state index in [1.807, 2.05) is 32.0 Å². The molecular formula is C17H15NO3. The van der Waals surface area contributed by atoms with E-state index in [2.05, 4.69) is 5.32 Å². The number of carbonyl (C=O) groups excluding carboxylic acids is 2. The fourth-order valence-electron chi connectivity index (χ4n) is 2.27. The van der Waals surface area contributed by atoms with Gasteiger partial charge in [0, 0.05) is 11.1 Å². The number of rotatable bonds is 2. The minimum atomic E-state index is -0.210. The van der Waals surface area contributed by atoms with E-state index in [0.29, 0.717) is 22.6 Å². The summed E-state index contributed by atoms with van der Waals surface area (Å²) in [5.41, 5.74) is 3.94. The van der Waals surface area contributed by atoms with E-state index in [4.69, 9.17) is 4.74 Å². The second-order valence-electron chi connectivity index (χ2n) is 5.18. The van der Waals surface area contributed by atoms with Gasteiger partial charge in [0.1, 0.15) is 5.75 Å². The molecular weight excluding hydrogens is 266 g/mol. The molecule has 2 aromatic carbocycles. The van der Waals surface area contributed by atoms with Crippen LogP contribution in [0.25, 0.3) is 0 Å². The average molecular weight is 281 g/mol. The molecule has 1 N–H and O–H groups in total. The van der Waals surface area contributed by atoms with E-state index in [1.165, 1.54) is 0 Å². The quantitative estimate of drug-likeness (QED) is 0.861. The summed E-state index contributed by atoms with van der Waals surface area (Å²) in [7, 11) is 0. The first-order chi connectivity index (χ1) is 10.0. The Morgan fingerprint density at radius 3 is 2.52 bits per heavy atom. The Bertz CT molecular complexity index is 750. The Balaban J connectivity index is 1.96. The third kappa shape index (κ3) is 2.52. The van der Waals surface area contributed by atoms with Gasteiger partial charge in [0.2, 0.25) is 0 Å². The molecule has 106 valence electrons. The van der Waals surface area contributed by atoms with Crippen molar-refractivity contribution >= 4 is 17.4 Å². The first-order valence-electron chi connectivity index (χ1n) is 6.73. The number of fused-ring (bicyclic) bond motifs is 1. The van der Waals surface area contributed by atoms with Crippen molar-refractivity contribution in [2.75, 3.05) is 11.9 Å². The maximum atomic E-state index is 12.5. The minimum Gasteiger partial charge on any atom is -0.482 e. The van der Waals surface area contributed by atoms with Crippen LogP contribution in [0.15, 0.2) is 36.4 Å². The zero-order chi connectivity index (χ0) is 15.0. The summed E-state index contributed by atoms with van der Waals surface area (Å²) in [5, 5.41) is 2.71. The van der Waals surface area contributed by atoms with Crippen LogP contribution < -0.4 is 10.1 Å². The lowest BCUT2D eigenvalue weighted by Gasteiger charge is -2.18. The first-order valence-corrected chi connectivity index (χ1v) is 6.73. The summed E-state index contributed by atoms with van der Waals surface area (Å²) in [5.74, 6) is 0.310. The molecule has 0 atom stereocenters. The molecule has 0 aromatic heterocycles. The third-order valence-corrected chi connectivity index (χ3v) is 3.64. The summed E-state index contributed by atoms with van der Waals surface area (Å²) in [6.45, 7) is 4.00. The van der Waals surface area contributed by atoms with E-state index in [0.717, 1.165) is 11.1 Å². The van der Waals surface area contributed by atoms with Crippen LogP contribution in [-0.2, 0) is 4.79 Å². The van der Waals surface area contributed by atoms with Crippen LogP contribution in [0.2, 0.25) is 0 Å². The number of amides is 1. The molecule has 1 heterocycles. The number of nitrogens with one attached hydrogen (secondary N) is 1. The highest BCUT2D eigenvalue weighted by atomic mass is 16.5. The fourth-order valence-corrected chi connectivity index (χ4v) is 2.27. The number of carbonyl (C=O) groups is 2. The highest BCUT2D eigenvalue weighted by molar-refractivity contribution is 6.10. The number of ether oxygens (including phenoxy) is 1. The predicted molar refractivity (Wildman–Crippen MR) is 79.9 cm³/mol. The Morgan fingerprint density at radius 2 is 1.76 bits per heavy atom. The predicted octanol–water partition coefficient (Wildman–Crippen LogP) is 2.87. The summed E-state index contributed by atoms with van der Waals surface area (Å²) < 4.78 is 5.29. The van der Waals surface area contributed by atoms with E-state index in [1.54, 1.807) is 18.2 Å². The topological polar surface area (TPSA) is 55.4 Å².